The van der Waals surface area contributed by atoms with Crippen LogP contribution in [0.4, 0.5) is 5.82 Å². The van der Waals surface area contributed by atoms with E-state index in [0.29, 0.717) is 17.1 Å². The lowest BCUT2D eigenvalue weighted by Gasteiger charge is -2.29. The van der Waals surface area contributed by atoms with E-state index in [9.17, 15) is 0 Å². The molecule has 0 spiro atoms. The number of nitrogens with one attached hydrogen (secondary N) is 2. The van der Waals surface area contributed by atoms with Gasteiger partial charge in [0.1, 0.15) is 5.82 Å². The summed E-state index contributed by atoms with van der Waals surface area (Å²) in [6.45, 7) is 12.2. The molecule has 1 aliphatic heterocycles. The van der Waals surface area contributed by atoms with Crippen molar-refractivity contribution in [2.45, 2.75) is 19.8 Å². The number of rotatable bonds is 5. The summed E-state index contributed by atoms with van der Waals surface area (Å²) in [6, 6.07) is 1.77. The van der Waals surface area contributed by atoms with Crippen molar-refractivity contribution in [1.82, 2.24) is 10.3 Å². The third-order valence-corrected chi connectivity index (χ3v) is 3.84. The van der Waals surface area contributed by atoms with Gasteiger partial charge in [0, 0.05) is 43.7 Å². The summed E-state index contributed by atoms with van der Waals surface area (Å²) in [6.07, 6.45) is 3.35. The molecule has 0 radical (unpaired) electrons. The molecule has 1 aromatic heterocycles. The highest BCUT2D eigenvalue weighted by Gasteiger charge is 2.16. The summed E-state index contributed by atoms with van der Waals surface area (Å²) in [7, 11) is 0. The monoisotopic (exact) mass is 386 g/mol. The molecule has 1 aliphatic rings. The van der Waals surface area contributed by atoms with Gasteiger partial charge in [-0.3, -0.25) is 5.41 Å². The van der Waals surface area contributed by atoms with Crippen LogP contribution >= 0.6 is 24.0 Å². The van der Waals surface area contributed by atoms with Gasteiger partial charge < -0.3 is 16.0 Å². The van der Waals surface area contributed by atoms with Gasteiger partial charge in [-0.2, -0.15) is 0 Å². The molecule has 1 aromatic rings. The Labute approximate surface area is 161 Å². The minimum atomic E-state index is 0. The van der Waals surface area contributed by atoms with E-state index in [4.69, 9.17) is 22.7 Å². The summed E-state index contributed by atoms with van der Waals surface area (Å²) in [5.41, 5.74) is 7.02. The first-order valence-corrected chi connectivity index (χ1v) is 8.44. The Kier molecular flexibility index (Phi) is 12.1. The fourth-order valence-corrected chi connectivity index (χ4v) is 2.62. The highest BCUT2D eigenvalue weighted by molar-refractivity contribution is 6.33. The van der Waals surface area contributed by atoms with Gasteiger partial charge in [-0.1, -0.05) is 11.6 Å². The Hall–Kier alpha value is -1.47. The molecule has 0 amide bonds. The second kappa shape index (κ2) is 12.8. The molecule has 25 heavy (non-hydrogen) atoms. The van der Waals surface area contributed by atoms with Crippen LogP contribution in [0.2, 0.25) is 5.02 Å². The van der Waals surface area contributed by atoms with Crippen LogP contribution in [-0.4, -0.2) is 49.3 Å². The Morgan fingerprint density at radius 2 is 2.08 bits per heavy atom. The number of piperazine rings is 1. The van der Waals surface area contributed by atoms with Gasteiger partial charge in [0.05, 0.1) is 5.02 Å². The number of pyridine rings is 1. The molecule has 1 fully saturated rings. The normalized spacial score (nSPS) is 14.2. The van der Waals surface area contributed by atoms with Crippen molar-refractivity contribution in [3.63, 3.8) is 0 Å². The second-order valence-corrected chi connectivity index (χ2v) is 5.76. The second-order valence-electron chi connectivity index (χ2n) is 5.35. The quantitative estimate of drug-likeness (QED) is 0.412. The molecule has 0 aliphatic carbocycles. The maximum atomic E-state index is 8.07. The van der Waals surface area contributed by atoms with Crippen LogP contribution in [-0.2, 0) is 0 Å². The molecule has 0 atom stereocenters. The van der Waals surface area contributed by atoms with Crippen molar-refractivity contribution in [2.24, 2.45) is 10.7 Å². The van der Waals surface area contributed by atoms with E-state index in [1.165, 1.54) is 0 Å². The van der Waals surface area contributed by atoms with Crippen molar-refractivity contribution < 1.29 is 0 Å². The van der Waals surface area contributed by atoms with E-state index >= 15 is 0 Å². The third-order valence-electron chi connectivity index (χ3n) is 3.56. The molecular formula is C17H28Cl2N6. The van der Waals surface area contributed by atoms with Crippen LogP contribution in [0.3, 0.4) is 0 Å². The standard InChI is InChI=1S/C15H23ClN6.C2H4.ClH/c1-11(3-2-4-17)21-14(18)12-9-13(16)15(20-10-12)22-7-5-19-6-8-22;1-2;/h9-10,18-19H,2-8,17H2,1H3;1-2H2;1H. The molecule has 1 saturated heterocycles. The van der Waals surface area contributed by atoms with E-state index in [1.54, 1.807) is 12.3 Å². The fraction of sp³-hybridized carbons (Fsp3) is 0.471. The SMILES string of the molecule is C=C.CC(CCCN)=NC(=N)c1cnc(N2CCNCC2)c(Cl)c1.Cl. The molecule has 0 bridgehead atoms. The predicted octanol–water partition coefficient (Wildman–Crippen LogP) is 2.89. The Morgan fingerprint density at radius 3 is 2.64 bits per heavy atom. The summed E-state index contributed by atoms with van der Waals surface area (Å²) in [5, 5.41) is 11.9. The summed E-state index contributed by atoms with van der Waals surface area (Å²) in [5.74, 6) is 0.972. The summed E-state index contributed by atoms with van der Waals surface area (Å²) >= 11 is 6.34. The van der Waals surface area contributed by atoms with Crippen molar-refractivity contribution in [2.75, 3.05) is 37.6 Å². The molecule has 2 rings (SSSR count). The van der Waals surface area contributed by atoms with Crippen LogP contribution in [0.5, 0.6) is 0 Å². The molecule has 2 heterocycles. The summed E-state index contributed by atoms with van der Waals surface area (Å²) < 4.78 is 0. The number of nitrogens with two attached hydrogens (primary N) is 1. The number of hydrogen-bond acceptors (Lipinski definition) is 5. The molecule has 6 nitrogen and oxygen atoms in total. The first-order valence-electron chi connectivity index (χ1n) is 8.06. The van der Waals surface area contributed by atoms with Crippen molar-refractivity contribution in [1.29, 1.82) is 5.41 Å². The number of amidine groups is 1. The molecule has 8 heteroatoms. The summed E-state index contributed by atoms with van der Waals surface area (Å²) in [4.78, 5) is 10.9. The number of nitrogens with zero attached hydrogens (tertiary/aromatic N) is 3. The number of hydrogen-bond donors (Lipinski definition) is 3. The van der Waals surface area contributed by atoms with Gasteiger partial charge >= 0.3 is 0 Å². The Bertz CT molecular complexity index is 570. The maximum Gasteiger partial charge on any atom is 0.153 e. The van der Waals surface area contributed by atoms with E-state index in [2.05, 4.69) is 33.4 Å². The number of halogens is 2. The lowest BCUT2D eigenvalue weighted by molar-refractivity contribution is 0.585. The average Bonchev–Trinajstić information content (AvgIpc) is 2.62. The fourth-order valence-electron chi connectivity index (χ4n) is 2.34. The smallest absolute Gasteiger partial charge is 0.153 e. The molecular weight excluding hydrogens is 359 g/mol. The lowest BCUT2D eigenvalue weighted by atomic mass is 10.2. The van der Waals surface area contributed by atoms with Crippen LogP contribution < -0.4 is 16.0 Å². The third kappa shape index (κ3) is 7.52. The highest BCUT2D eigenvalue weighted by atomic mass is 35.5. The van der Waals surface area contributed by atoms with E-state index in [0.717, 1.165) is 50.6 Å². The minimum Gasteiger partial charge on any atom is -0.353 e. The number of aromatic nitrogens is 1. The van der Waals surface area contributed by atoms with Gasteiger partial charge in [0.25, 0.3) is 0 Å². The van der Waals surface area contributed by atoms with Gasteiger partial charge in [-0.25, -0.2) is 9.98 Å². The topological polar surface area (TPSA) is 90.4 Å². The Balaban J connectivity index is 0.00000185. The zero-order valence-electron chi connectivity index (χ0n) is 14.7. The zero-order chi connectivity index (χ0) is 17.9. The minimum absolute atomic E-state index is 0. The van der Waals surface area contributed by atoms with Gasteiger partial charge in [0.15, 0.2) is 5.84 Å². The van der Waals surface area contributed by atoms with Crippen LogP contribution in [0.1, 0.15) is 25.3 Å². The zero-order valence-corrected chi connectivity index (χ0v) is 16.3. The van der Waals surface area contributed by atoms with Gasteiger partial charge in [-0.05, 0) is 32.4 Å². The van der Waals surface area contributed by atoms with Gasteiger partial charge in [0.2, 0.25) is 0 Å². The predicted molar refractivity (Wildman–Crippen MR) is 111 cm³/mol. The average molecular weight is 387 g/mol. The van der Waals surface area contributed by atoms with Crippen LogP contribution in [0.25, 0.3) is 0 Å². The molecule has 0 unspecified atom stereocenters. The van der Waals surface area contributed by atoms with E-state index < -0.39 is 0 Å². The van der Waals surface area contributed by atoms with Crippen molar-refractivity contribution in [3.8, 4) is 0 Å². The maximum absolute atomic E-state index is 8.07. The first kappa shape index (κ1) is 23.5. The van der Waals surface area contributed by atoms with Crippen LogP contribution in [0.15, 0.2) is 30.4 Å². The van der Waals surface area contributed by atoms with Gasteiger partial charge in [-0.15, -0.1) is 25.6 Å². The lowest BCUT2D eigenvalue weighted by Crippen LogP contribution is -2.44. The van der Waals surface area contributed by atoms with Crippen molar-refractivity contribution in [3.05, 3.63) is 36.0 Å². The van der Waals surface area contributed by atoms with Crippen molar-refractivity contribution >= 4 is 41.4 Å². The molecule has 4 N–H and O–H groups in total. The van der Waals surface area contributed by atoms with Crippen LogP contribution in [0, 0.1) is 5.41 Å². The highest BCUT2D eigenvalue weighted by Crippen LogP contribution is 2.24. The number of aliphatic imine (C=N–C) groups is 1. The number of anilines is 1. The Morgan fingerprint density at radius 1 is 1.44 bits per heavy atom. The van der Waals surface area contributed by atoms with E-state index in [1.807, 2.05) is 6.92 Å². The largest absolute Gasteiger partial charge is 0.353 e. The van der Waals surface area contributed by atoms with E-state index in [-0.39, 0.29) is 18.2 Å². The molecule has 140 valence electrons. The molecule has 0 aromatic carbocycles. The first-order chi connectivity index (χ1) is 11.6. The molecule has 0 saturated carbocycles.